The monoisotopic (exact) mass is 500 g/mol. The summed E-state index contributed by atoms with van der Waals surface area (Å²) in [6.07, 6.45) is -4.02. The Morgan fingerprint density at radius 3 is 2.27 bits per heavy atom. The molecular weight excluding hydrogens is 485 g/mol. The van der Waals surface area contributed by atoms with Crippen molar-refractivity contribution in [3.63, 3.8) is 0 Å². The van der Waals surface area contributed by atoms with E-state index in [4.69, 9.17) is 21.1 Å². The summed E-state index contributed by atoms with van der Waals surface area (Å²) < 4.78 is 75.9. The van der Waals surface area contributed by atoms with Crippen LogP contribution in [-0.2, 0) is 20.9 Å². The van der Waals surface area contributed by atoms with E-state index in [1.165, 1.54) is 48.5 Å². The second-order valence-electron chi connectivity index (χ2n) is 6.49. The molecule has 0 radical (unpaired) electrons. The van der Waals surface area contributed by atoms with E-state index in [9.17, 15) is 26.4 Å². The minimum absolute atomic E-state index is 0.101. The first-order valence-electron chi connectivity index (χ1n) is 9.30. The van der Waals surface area contributed by atoms with Gasteiger partial charge in [0.15, 0.2) is 0 Å². The van der Waals surface area contributed by atoms with Crippen LogP contribution in [0.5, 0.6) is 11.6 Å². The van der Waals surface area contributed by atoms with E-state index in [0.29, 0.717) is 12.3 Å². The zero-order chi connectivity index (χ0) is 24.2. The molecule has 0 bridgehead atoms. The van der Waals surface area contributed by atoms with Crippen LogP contribution in [0.3, 0.4) is 0 Å². The minimum Gasteiger partial charge on any atom is -0.462 e. The molecule has 1 aromatic heterocycles. The maximum absolute atomic E-state index is 12.7. The van der Waals surface area contributed by atoms with E-state index in [-0.39, 0.29) is 39.4 Å². The van der Waals surface area contributed by atoms with E-state index in [2.05, 4.69) is 9.71 Å². The quantitative estimate of drug-likeness (QED) is 0.429. The number of pyridine rings is 1. The summed E-state index contributed by atoms with van der Waals surface area (Å²) in [6.45, 7) is 1.89. The van der Waals surface area contributed by atoms with Crippen molar-refractivity contribution in [1.29, 1.82) is 0 Å². The normalized spacial score (nSPS) is 11.7. The molecule has 174 valence electrons. The molecule has 0 fully saturated rings. The highest BCUT2D eigenvalue weighted by atomic mass is 35.5. The third-order valence-electron chi connectivity index (χ3n) is 4.13. The molecule has 0 amide bonds. The Kier molecular flexibility index (Phi) is 7.13. The first-order valence-corrected chi connectivity index (χ1v) is 11.2. The van der Waals surface area contributed by atoms with E-state index in [1.807, 2.05) is 0 Å². The average molecular weight is 501 g/mol. The number of alkyl halides is 3. The van der Waals surface area contributed by atoms with Gasteiger partial charge in [0, 0.05) is 11.9 Å². The van der Waals surface area contributed by atoms with Gasteiger partial charge in [-0.3, -0.25) is 4.72 Å². The van der Waals surface area contributed by atoms with Crippen molar-refractivity contribution >= 4 is 33.3 Å². The zero-order valence-corrected chi connectivity index (χ0v) is 18.5. The van der Waals surface area contributed by atoms with Crippen LogP contribution < -0.4 is 9.46 Å². The van der Waals surface area contributed by atoms with Gasteiger partial charge in [-0.05, 0) is 61.5 Å². The van der Waals surface area contributed by atoms with Gasteiger partial charge in [0.25, 0.3) is 10.0 Å². The molecule has 7 nitrogen and oxygen atoms in total. The summed E-state index contributed by atoms with van der Waals surface area (Å²) in [5.41, 5.74) is -0.524. The third kappa shape index (κ3) is 6.14. The number of nitrogens with zero attached hydrogens (tertiary/aromatic N) is 1. The molecule has 0 aliphatic rings. The fourth-order valence-electron chi connectivity index (χ4n) is 2.56. The Morgan fingerprint density at radius 2 is 1.73 bits per heavy atom. The van der Waals surface area contributed by atoms with Gasteiger partial charge in [0.2, 0.25) is 5.88 Å². The smallest absolute Gasteiger partial charge is 0.417 e. The highest BCUT2D eigenvalue weighted by molar-refractivity contribution is 7.92. The number of carbonyl (C=O) groups is 1. The van der Waals surface area contributed by atoms with E-state index in [1.54, 1.807) is 6.92 Å². The lowest BCUT2D eigenvalue weighted by molar-refractivity contribution is -0.137. The van der Waals surface area contributed by atoms with Crippen LogP contribution in [-0.4, -0.2) is 26.0 Å². The highest BCUT2D eigenvalue weighted by Gasteiger charge is 2.31. The fourth-order valence-corrected chi connectivity index (χ4v) is 3.82. The number of sulfonamides is 1. The van der Waals surface area contributed by atoms with Crippen molar-refractivity contribution in [2.24, 2.45) is 0 Å². The van der Waals surface area contributed by atoms with Gasteiger partial charge < -0.3 is 9.47 Å². The van der Waals surface area contributed by atoms with E-state index in [0.717, 1.165) is 0 Å². The van der Waals surface area contributed by atoms with Crippen molar-refractivity contribution in [3.8, 4) is 11.6 Å². The summed E-state index contributed by atoms with van der Waals surface area (Å²) in [4.78, 5) is 15.1. The maximum Gasteiger partial charge on any atom is 0.417 e. The van der Waals surface area contributed by atoms with Gasteiger partial charge in [-0.2, -0.15) is 13.2 Å². The average Bonchev–Trinajstić information content (AvgIpc) is 2.75. The van der Waals surface area contributed by atoms with Gasteiger partial charge >= 0.3 is 12.1 Å². The van der Waals surface area contributed by atoms with Crippen LogP contribution in [0.2, 0.25) is 5.02 Å². The summed E-state index contributed by atoms with van der Waals surface area (Å²) in [5, 5.41) is -0.352. The number of anilines is 1. The molecule has 3 aromatic rings. The number of halogens is 4. The Bertz CT molecular complexity index is 1250. The van der Waals surface area contributed by atoms with Crippen molar-refractivity contribution in [2.45, 2.75) is 18.0 Å². The molecule has 33 heavy (non-hydrogen) atoms. The molecule has 0 atom stereocenters. The minimum atomic E-state index is -4.60. The molecule has 1 heterocycles. The lowest BCUT2D eigenvalue weighted by Crippen LogP contribution is -2.13. The van der Waals surface area contributed by atoms with Crippen LogP contribution >= 0.6 is 11.6 Å². The second-order valence-corrected chi connectivity index (χ2v) is 8.58. The van der Waals surface area contributed by atoms with Gasteiger partial charge in [0.1, 0.15) is 10.8 Å². The number of esters is 1. The Morgan fingerprint density at radius 1 is 1.09 bits per heavy atom. The summed E-state index contributed by atoms with van der Waals surface area (Å²) in [7, 11) is -3.96. The topological polar surface area (TPSA) is 94.6 Å². The number of benzene rings is 2. The summed E-state index contributed by atoms with van der Waals surface area (Å²) in [6, 6.07) is 11.4. The van der Waals surface area contributed by atoms with Crippen molar-refractivity contribution in [1.82, 2.24) is 4.98 Å². The number of aromatic nitrogens is 1. The van der Waals surface area contributed by atoms with Crippen LogP contribution in [0.15, 0.2) is 65.7 Å². The molecule has 2 aromatic carbocycles. The predicted molar refractivity (Wildman–Crippen MR) is 114 cm³/mol. The highest BCUT2D eigenvalue weighted by Crippen LogP contribution is 2.34. The summed E-state index contributed by atoms with van der Waals surface area (Å²) in [5.74, 6) is -0.674. The van der Waals surface area contributed by atoms with Crippen molar-refractivity contribution in [2.75, 3.05) is 11.3 Å². The molecule has 0 saturated carbocycles. The second kappa shape index (κ2) is 9.67. The van der Waals surface area contributed by atoms with Crippen LogP contribution in [0.4, 0.5) is 18.9 Å². The largest absolute Gasteiger partial charge is 0.462 e. The summed E-state index contributed by atoms with van der Waals surface area (Å²) >= 11 is 5.81. The molecule has 0 spiro atoms. The lowest BCUT2D eigenvalue weighted by atomic mass is 10.2. The van der Waals surface area contributed by atoms with Gasteiger partial charge in [0.05, 0.1) is 22.6 Å². The molecule has 0 saturated heterocycles. The number of carbonyl (C=O) groups excluding carboxylic acids is 1. The number of nitrogens with one attached hydrogen (secondary N) is 1. The number of hydrogen-bond acceptors (Lipinski definition) is 6. The number of ether oxygens (including phenoxy) is 2. The van der Waals surface area contributed by atoms with E-state index < -0.39 is 27.7 Å². The first kappa shape index (κ1) is 24.3. The van der Waals surface area contributed by atoms with Gasteiger partial charge in [-0.25, -0.2) is 18.2 Å². The fraction of sp³-hybridized carbons (Fsp3) is 0.143. The lowest BCUT2D eigenvalue weighted by Gasteiger charge is -2.11. The van der Waals surface area contributed by atoms with Crippen molar-refractivity contribution in [3.05, 3.63) is 76.9 Å². The zero-order valence-electron chi connectivity index (χ0n) is 16.9. The Balaban J connectivity index is 1.71. The van der Waals surface area contributed by atoms with Crippen LogP contribution in [0.25, 0.3) is 0 Å². The van der Waals surface area contributed by atoms with Gasteiger partial charge in [-0.15, -0.1) is 0 Å². The molecule has 0 aliphatic carbocycles. The maximum atomic E-state index is 12.7. The SMILES string of the molecule is CCOC(=O)c1ccc(NS(=O)(=O)c2ccc(Oc3ncc(C(F)(F)F)cc3Cl)cc2)cc1. The Hall–Kier alpha value is -3.31. The first-order chi connectivity index (χ1) is 15.5. The van der Waals surface area contributed by atoms with E-state index >= 15 is 0 Å². The molecular formula is C21H16ClF3N2O5S. The third-order valence-corrected chi connectivity index (χ3v) is 5.80. The predicted octanol–water partition coefficient (Wildman–Crippen LogP) is 5.52. The number of hydrogen-bond donors (Lipinski definition) is 1. The molecule has 0 unspecified atom stereocenters. The van der Waals surface area contributed by atoms with Gasteiger partial charge in [-0.1, -0.05) is 11.6 Å². The molecule has 0 aliphatic heterocycles. The van der Waals surface area contributed by atoms with Crippen LogP contribution in [0, 0.1) is 0 Å². The number of rotatable bonds is 7. The van der Waals surface area contributed by atoms with Crippen molar-refractivity contribution < 1.29 is 35.9 Å². The molecule has 12 heteroatoms. The molecule has 3 rings (SSSR count). The Labute approximate surface area is 192 Å². The molecule has 1 N–H and O–H groups in total. The van der Waals surface area contributed by atoms with Crippen LogP contribution in [0.1, 0.15) is 22.8 Å². The standard InChI is InChI=1S/C21H16ClF3N2O5S/c1-2-31-20(28)13-3-5-15(6-4-13)27-33(29,30)17-9-7-16(8-10-17)32-19-18(22)11-14(12-26-19)21(23,24)25/h3-12,27H,2H2,1H3.